The van der Waals surface area contributed by atoms with E-state index >= 15 is 0 Å². The van der Waals surface area contributed by atoms with E-state index in [1.165, 1.54) is 32.0 Å². The van der Waals surface area contributed by atoms with Crippen LogP contribution in [0.4, 0.5) is 0 Å². The molecule has 0 unspecified atom stereocenters. The van der Waals surface area contributed by atoms with Crippen molar-refractivity contribution in [3.63, 3.8) is 0 Å². The normalized spacial score (nSPS) is 14.8. The maximum atomic E-state index is 4.31. The lowest BCUT2D eigenvalue weighted by molar-refractivity contribution is -0.660. The summed E-state index contributed by atoms with van der Waals surface area (Å²) >= 11 is 1.88. The number of benzene rings is 2. The number of hydrogen-bond donors (Lipinski definition) is 0. The van der Waals surface area contributed by atoms with E-state index in [-0.39, 0.29) is 5.41 Å². The third-order valence-corrected chi connectivity index (χ3v) is 6.14. The number of hydrogen-bond acceptors (Lipinski definition) is 2. The molecule has 0 atom stereocenters. The molecule has 0 N–H and O–H groups in total. The maximum Gasteiger partial charge on any atom is 0.231 e. The fourth-order valence-electron chi connectivity index (χ4n) is 3.56. The lowest BCUT2D eigenvalue weighted by Crippen LogP contribution is -2.31. The van der Waals surface area contributed by atoms with Crippen molar-refractivity contribution in [3.05, 3.63) is 71.7 Å². The standard InChI is InChI=1S/C21H21N2S/c1-14-11-17-20(12-15(14)18-13-22-9-10-23(18)4)24-19-8-6-5-7-16(19)21(17,2)3/h5-13H,1-4H3/q+1. The van der Waals surface area contributed by atoms with Crippen molar-refractivity contribution in [3.8, 4) is 11.3 Å². The molecule has 120 valence electrons. The van der Waals surface area contributed by atoms with Crippen LogP contribution in [0.3, 0.4) is 0 Å². The van der Waals surface area contributed by atoms with Gasteiger partial charge in [-0.25, -0.2) is 0 Å². The molecule has 0 bridgehead atoms. The van der Waals surface area contributed by atoms with Crippen molar-refractivity contribution >= 4 is 11.8 Å². The molecule has 1 aliphatic heterocycles. The molecule has 0 spiro atoms. The minimum atomic E-state index is 0.0254. The molecule has 0 saturated carbocycles. The van der Waals surface area contributed by atoms with Crippen LogP contribution in [0.15, 0.2) is 64.8 Å². The molecule has 0 radical (unpaired) electrons. The van der Waals surface area contributed by atoms with Gasteiger partial charge < -0.3 is 0 Å². The first kappa shape index (κ1) is 15.4. The van der Waals surface area contributed by atoms with Crippen LogP contribution in [0.5, 0.6) is 0 Å². The average molecular weight is 333 g/mol. The Morgan fingerprint density at radius 3 is 2.62 bits per heavy atom. The largest absolute Gasteiger partial charge is 0.252 e. The van der Waals surface area contributed by atoms with Crippen molar-refractivity contribution < 1.29 is 4.57 Å². The quantitative estimate of drug-likeness (QED) is 0.602. The summed E-state index contributed by atoms with van der Waals surface area (Å²) < 4.78 is 2.13. The number of fused-ring (bicyclic) bond motifs is 2. The predicted octanol–water partition coefficient (Wildman–Crippen LogP) is 4.67. The van der Waals surface area contributed by atoms with Gasteiger partial charge in [-0.2, -0.15) is 4.57 Å². The monoisotopic (exact) mass is 333 g/mol. The van der Waals surface area contributed by atoms with Crippen LogP contribution in [0.25, 0.3) is 11.3 Å². The molecular weight excluding hydrogens is 312 g/mol. The molecule has 1 aromatic heterocycles. The first-order valence-corrected chi connectivity index (χ1v) is 9.02. The Kier molecular flexibility index (Phi) is 3.50. The third kappa shape index (κ3) is 2.27. The second kappa shape index (κ2) is 5.45. The zero-order valence-corrected chi connectivity index (χ0v) is 15.3. The highest BCUT2D eigenvalue weighted by Crippen LogP contribution is 2.50. The van der Waals surface area contributed by atoms with Gasteiger partial charge in [0.05, 0.1) is 18.0 Å². The van der Waals surface area contributed by atoms with E-state index in [1.54, 1.807) is 0 Å². The van der Waals surface area contributed by atoms with Gasteiger partial charge in [0, 0.05) is 15.2 Å². The predicted molar refractivity (Wildman–Crippen MR) is 98.3 cm³/mol. The number of aromatic nitrogens is 2. The minimum Gasteiger partial charge on any atom is -0.252 e. The van der Waals surface area contributed by atoms with Crippen LogP contribution in [-0.2, 0) is 12.5 Å². The molecule has 1 aliphatic rings. The topological polar surface area (TPSA) is 16.8 Å². The van der Waals surface area contributed by atoms with E-state index in [2.05, 4.69) is 73.8 Å². The Morgan fingerprint density at radius 2 is 1.83 bits per heavy atom. The Bertz CT molecular complexity index is 944. The van der Waals surface area contributed by atoms with Crippen LogP contribution in [0, 0.1) is 6.92 Å². The Hall–Kier alpha value is -2.13. The van der Waals surface area contributed by atoms with Crippen molar-refractivity contribution in [1.29, 1.82) is 0 Å². The van der Waals surface area contributed by atoms with Gasteiger partial charge in [0.1, 0.15) is 7.05 Å². The third-order valence-electron chi connectivity index (χ3n) is 5.01. The SMILES string of the molecule is Cc1cc2c(cc1-c1cncc[n+]1C)Sc1ccccc1C2(C)C. The van der Waals surface area contributed by atoms with Gasteiger partial charge in [-0.15, -0.1) is 0 Å². The molecule has 2 nitrogen and oxygen atoms in total. The number of nitrogens with zero attached hydrogens (tertiary/aromatic N) is 2. The van der Waals surface area contributed by atoms with Gasteiger partial charge in [-0.3, -0.25) is 4.98 Å². The highest BCUT2D eigenvalue weighted by molar-refractivity contribution is 7.99. The Morgan fingerprint density at radius 1 is 1.04 bits per heavy atom. The lowest BCUT2D eigenvalue weighted by Gasteiger charge is -2.35. The Balaban J connectivity index is 1.93. The average Bonchev–Trinajstić information content (AvgIpc) is 2.56. The molecular formula is C21H21N2S+. The highest BCUT2D eigenvalue weighted by Gasteiger charge is 2.33. The smallest absolute Gasteiger partial charge is 0.231 e. The van der Waals surface area contributed by atoms with Crippen molar-refractivity contribution in [2.75, 3.05) is 0 Å². The van der Waals surface area contributed by atoms with Gasteiger partial charge in [0.2, 0.25) is 5.69 Å². The van der Waals surface area contributed by atoms with Crippen molar-refractivity contribution in [2.24, 2.45) is 7.05 Å². The molecule has 0 amide bonds. The van der Waals surface area contributed by atoms with E-state index in [0.717, 1.165) is 5.69 Å². The second-order valence-corrected chi connectivity index (χ2v) is 8.04. The van der Waals surface area contributed by atoms with E-state index in [0.29, 0.717) is 0 Å². The summed E-state index contributed by atoms with van der Waals surface area (Å²) in [5, 5.41) is 0. The van der Waals surface area contributed by atoms with Gasteiger partial charge in [-0.05, 0) is 35.7 Å². The lowest BCUT2D eigenvalue weighted by atomic mass is 9.76. The summed E-state index contributed by atoms with van der Waals surface area (Å²) in [5.41, 5.74) is 6.56. The van der Waals surface area contributed by atoms with E-state index in [4.69, 9.17) is 0 Å². The van der Waals surface area contributed by atoms with E-state index in [1.807, 2.05) is 30.4 Å². The van der Waals surface area contributed by atoms with Crippen LogP contribution in [0.2, 0.25) is 0 Å². The summed E-state index contributed by atoms with van der Waals surface area (Å²) in [6, 6.07) is 13.5. The van der Waals surface area contributed by atoms with Gasteiger partial charge in [0.25, 0.3) is 0 Å². The molecule has 3 aromatic rings. The fraction of sp³-hybridized carbons (Fsp3) is 0.238. The van der Waals surface area contributed by atoms with Crippen LogP contribution >= 0.6 is 11.8 Å². The number of rotatable bonds is 1. The maximum absolute atomic E-state index is 4.31. The van der Waals surface area contributed by atoms with Gasteiger partial charge in [0.15, 0.2) is 6.20 Å². The summed E-state index contributed by atoms with van der Waals surface area (Å²) in [4.78, 5) is 7.02. The van der Waals surface area contributed by atoms with Crippen LogP contribution < -0.4 is 4.57 Å². The minimum absolute atomic E-state index is 0.0254. The first-order chi connectivity index (χ1) is 11.5. The highest BCUT2D eigenvalue weighted by atomic mass is 32.2. The van der Waals surface area contributed by atoms with E-state index in [9.17, 15) is 0 Å². The van der Waals surface area contributed by atoms with Gasteiger partial charge in [-0.1, -0.05) is 49.9 Å². The fourth-order valence-corrected chi connectivity index (χ4v) is 4.97. The van der Waals surface area contributed by atoms with Crippen LogP contribution in [0.1, 0.15) is 30.5 Å². The molecule has 0 aliphatic carbocycles. The zero-order valence-electron chi connectivity index (χ0n) is 14.5. The van der Waals surface area contributed by atoms with Crippen molar-refractivity contribution in [1.82, 2.24) is 4.98 Å². The molecule has 24 heavy (non-hydrogen) atoms. The Labute approximate surface area is 147 Å². The second-order valence-electron chi connectivity index (χ2n) is 6.96. The zero-order chi connectivity index (χ0) is 16.9. The molecule has 0 fully saturated rings. The molecule has 0 saturated heterocycles. The summed E-state index contributed by atoms with van der Waals surface area (Å²) in [5.74, 6) is 0. The van der Waals surface area contributed by atoms with Crippen LogP contribution in [-0.4, -0.2) is 4.98 Å². The molecule has 3 heteroatoms. The number of aryl methyl sites for hydroxylation is 2. The summed E-state index contributed by atoms with van der Waals surface area (Å²) in [6.07, 6.45) is 5.77. The molecule has 2 aromatic carbocycles. The summed E-state index contributed by atoms with van der Waals surface area (Å²) in [6.45, 7) is 6.85. The summed E-state index contributed by atoms with van der Waals surface area (Å²) in [7, 11) is 2.07. The van der Waals surface area contributed by atoms with E-state index < -0.39 is 0 Å². The van der Waals surface area contributed by atoms with Crippen molar-refractivity contribution in [2.45, 2.75) is 36.0 Å². The molecule has 2 heterocycles. The van der Waals surface area contributed by atoms with Gasteiger partial charge >= 0.3 is 0 Å². The first-order valence-electron chi connectivity index (χ1n) is 8.21. The molecule has 4 rings (SSSR count).